The monoisotopic (exact) mass is 482 g/mol. The van der Waals surface area contributed by atoms with Gasteiger partial charge in [0, 0.05) is 0 Å². The van der Waals surface area contributed by atoms with Crippen LogP contribution in [0.1, 0.15) is 35.7 Å². The summed E-state index contributed by atoms with van der Waals surface area (Å²) in [5.74, 6) is 0.657. The van der Waals surface area contributed by atoms with Gasteiger partial charge in [-0.25, -0.2) is 9.63 Å². The number of ether oxygens (including phenoxy) is 3. The largest absolute Gasteiger partial charge is 0.494 e. The molecule has 9 heteroatoms. The zero-order valence-corrected chi connectivity index (χ0v) is 19.7. The van der Waals surface area contributed by atoms with E-state index in [1.165, 1.54) is 25.5 Å². The predicted octanol–water partition coefficient (Wildman–Crippen LogP) is 4.41. The fraction of sp³-hybridized carbons (Fsp3) is 0.200. The van der Waals surface area contributed by atoms with Gasteiger partial charge in [0.2, 0.25) is 0 Å². The molecule has 178 valence electrons. The number of benzene rings is 3. The van der Waals surface area contributed by atoms with Crippen LogP contribution in [-0.2, 0) is 10.0 Å². The molecule has 3 aromatic rings. The predicted molar refractivity (Wildman–Crippen MR) is 129 cm³/mol. The van der Waals surface area contributed by atoms with Crippen molar-refractivity contribution in [3.05, 3.63) is 83.9 Å². The summed E-state index contributed by atoms with van der Waals surface area (Å²) in [7, 11) is -2.33. The molecule has 0 aromatic heterocycles. The van der Waals surface area contributed by atoms with E-state index in [0.29, 0.717) is 29.2 Å². The first-order chi connectivity index (χ1) is 16.4. The molecule has 0 saturated heterocycles. The normalized spacial score (nSPS) is 11.2. The number of sulfonamides is 1. The summed E-state index contributed by atoms with van der Waals surface area (Å²) in [5.41, 5.74) is 0.909. The molecule has 0 spiro atoms. The highest BCUT2D eigenvalue weighted by atomic mass is 32.2. The van der Waals surface area contributed by atoms with Crippen LogP contribution in [0.4, 0.5) is 0 Å². The first-order valence-electron chi connectivity index (χ1n) is 10.7. The molecule has 0 unspecified atom stereocenters. The minimum atomic E-state index is -3.77. The van der Waals surface area contributed by atoms with E-state index in [4.69, 9.17) is 14.2 Å². The van der Waals surface area contributed by atoms with Crippen LogP contribution in [0.5, 0.6) is 17.2 Å². The highest BCUT2D eigenvalue weighted by Crippen LogP contribution is 2.28. The Kier molecular flexibility index (Phi) is 8.64. The molecule has 0 aliphatic heterocycles. The van der Waals surface area contributed by atoms with Crippen molar-refractivity contribution in [2.45, 2.75) is 24.7 Å². The van der Waals surface area contributed by atoms with Crippen LogP contribution < -0.4 is 19.0 Å². The Morgan fingerprint density at radius 3 is 2.41 bits per heavy atom. The van der Waals surface area contributed by atoms with E-state index in [-0.39, 0.29) is 10.6 Å². The fourth-order valence-electron chi connectivity index (χ4n) is 2.85. The minimum Gasteiger partial charge on any atom is -0.494 e. The standard InChI is InChI=1S/C25H26N2O6S/c1-3-4-16-32-21-13-11-20(12-14-21)25(28)33-23-15-10-19(17-24(23)31-2)18-26-27-34(29,30)22-8-6-5-7-9-22/h5-15,17-18,27H,3-4,16H2,1-2H3. The molecule has 0 saturated carbocycles. The number of carbonyl (C=O) groups excluding carboxylic acids is 1. The first kappa shape index (κ1) is 24.8. The molecular formula is C25H26N2O6S. The SMILES string of the molecule is CCCCOc1ccc(C(=O)Oc2ccc(C=NNS(=O)(=O)c3ccccc3)cc2OC)cc1. The molecule has 0 heterocycles. The molecule has 34 heavy (non-hydrogen) atoms. The van der Waals surface area contributed by atoms with Gasteiger partial charge in [0.15, 0.2) is 11.5 Å². The van der Waals surface area contributed by atoms with Crippen LogP contribution in [0.15, 0.2) is 82.8 Å². The number of nitrogens with zero attached hydrogens (tertiary/aromatic N) is 1. The lowest BCUT2D eigenvalue weighted by molar-refractivity contribution is 0.0729. The number of rotatable bonds is 11. The lowest BCUT2D eigenvalue weighted by atomic mass is 10.2. The Balaban J connectivity index is 1.64. The van der Waals surface area contributed by atoms with Gasteiger partial charge >= 0.3 is 5.97 Å². The highest BCUT2D eigenvalue weighted by Gasteiger charge is 2.14. The summed E-state index contributed by atoms with van der Waals surface area (Å²) in [6.07, 6.45) is 3.33. The van der Waals surface area contributed by atoms with Crippen molar-refractivity contribution in [2.75, 3.05) is 13.7 Å². The van der Waals surface area contributed by atoms with E-state index in [0.717, 1.165) is 12.8 Å². The van der Waals surface area contributed by atoms with Gasteiger partial charge in [-0.05, 0) is 66.6 Å². The summed E-state index contributed by atoms with van der Waals surface area (Å²) >= 11 is 0. The van der Waals surface area contributed by atoms with E-state index in [2.05, 4.69) is 16.9 Å². The molecule has 8 nitrogen and oxygen atoms in total. The van der Waals surface area contributed by atoms with Crippen LogP contribution in [0.2, 0.25) is 0 Å². The number of hydrazone groups is 1. The summed E-state index contributed by atoms with van der Waals surface area (Å²) in [6.45, 7) is 2.71. The summed E-state index contributed by atoms with van der Waals surface area (Å²) < 4.78 is 40.8. The third kappa shape index (κ3) is 6.82. The van der Waals surface area contributed by atoms with Crippen molar-refractivity contribution >= 4 is 22.2 Å². The van der Waals surface area contributed by atoms with Gasteiger partial charge in [-0.15, -0.1) is 0 Å². The molecule has 0 aliphatic carbocycles. The second kappa shape index (κ2) is 11.9. The molecule has 0 fully saturated rings. The third-order valence-corrected chi connectivity index (χ3v) is 5.93. The number of hydrogen-bond donors (Lipinski definition) is 1. The molecule has 0 atom stereocenters. The smallest absolute Gasteiger partial charge is 0.343 e. The highest BCUT2D eigenvalue weighted by molar-refractivity contribution is 7.89. The second-order valence-electron chi connectivity index (χ2n) is 7.19. The Bertz CT molecular complexity index is 1230. The van der Waals surface area contributed by atoms with Crippen LogP contribution in [0.3, 0.4) is 0 Å². The van der Waals surface area contributed by atoms with E-state index >= 15 is 0 Å². The van der Waals surface area contributed by atoms with Crippen LogP contribution in [0, 0.1) is 0 Å². The Morgan fingerprint density at radius 1 is 1.00 bits per heavy atom. The van der Waals surface area contributed by atoms with E-state index < -0.39 is 16.0 Å². The Hall–Kier alpha value is -3.85. The summed E-state index contributed by atoms with van der Waals surface area (Å²) in [5, 5.41) is 3.80. The lowest BCUT2D eigenvalue weighted by Gasteiger charge is -2.10. The van der Waals surface area contributed by atoms with Crippen LogP contribution in [0.25, 0.3) is 0 Å². The molecule has 3 aromatic carbocycles. The maximum atomic E-state index is 12.5. The van der Waals surface area contributed by atoms with Gasteiger partial charge in [-0.3, -0.25) is 0 Å². The van der Waals surface area contributed by atoms with Crippen molar-refractivity contribution in [1.29, 1.82) is 0 Å². The number of carbonyl (C=O) groups is 1. The molecule has 0 radical (unpaired) electrons. The topological polar surface area (TPSA) is 103 Å². The average Bonchev–Trinajstić information content (AvgIpc) is 2.86. The van der Waals surface area contributed by atoms with E-state index in [1.807, 2.05) is 0 Å². The van der Waals surface area contributed by atoms with Crippen molar-refractivity contribution in [2.24, 2.45) is 5.10 Å². The van der Waals surface area contributed by atoms with Gasteiger partial charge in [-0.1, -0.05) is 31.5 Å². The van der Waals surface area contributed by atoms with Crippen molar-refractivity contribution in [3.8, 4) is 17.2 Å². The van der Waals surface area contributed by atoms with Gasteiger partial charge in [0.1, 0.15) is 5.75 Å². The maximum Gasteiger partial charge on any atom is 0.343 e. The molecule has 0 bridgehead atoms. The van der Waals surface area contributed by atoms with Crippen LogP contribution >= 0.6 is 0 Å². The lowest BCUT2D eigenvalue weighted by Crippen LogP contribution is -2.18. The van der Waals surface area contributed by atoms with Crippen molar-refractivity contribution < 1.29 is 27.4 Å². The molecule has 0 amide bonds. The van der Waals surface area contributed by atoms with E-state index in [1.54, 1.807) is 60.7 Å². The number of hydrogen-bond acceptors (Lipinski definition) is 7. The summed E-state index contributed by atoms with van der Waals surface area (Å²) in [6, 6.07) is 19.4. The minimum absolute atomic E-state index is 0.104. The zero-order chi connectivity index (χ0) is 24.4. The number of unbranched alkanes of at least 4 members (excludes halogenated alkanes) is 1. The quantitative estimate of drug-likeness (QED) is 0.143. The van der Waals surface area contributed by atoms with Gasteiger partial charge in [0.05, 0.1) is 30.4 Å². The molecule has 1 N–H and O–H groups in total. The number of nitrogens with one attached hydrogen (secondary N) is 1. The van der Waals surface area contributed by atoms with Crippen LogP contribution in [-0.4, -0.2) is 34.3 Å². The molecule has 0 aliphatic rings. The number of esters is 1. The molecule has 3 rings (SSSR count). The summed E-state index contributed by atoms with van der Waals surface area (Å²) in [4.78, 5) is 14.8. The van der Waals surface area contributed by atoms with Crippen molar-refractivity contribution in [3.63, 3.8) is 0 Å². The number of methoxy groups -OCH3 is 1. The Labute approximate surface area is 199 Å². The maximum absolute atomic E-state index is 12.5. The molecular weight excluding hydrogens is 456 g/mol. The zero-order valence-electron chi connectivity index (χ0n) is 18.9. The fourth-order valence-corrected chi connectivity index (χ4v) is 3.66. The second-order valence-corrected chi connectivity index (χ2v) is 8.85. The third-order valence-electron chi connectivity index (χ3n) is 4.69. The van der Waals surface area contributed by atoms with Gasteiger partial charge in [0.25, 0.3) is 10.0 Å². The Morgan fingerprint density at radius 2 is 1.74 bits per heavy atom. The van der Waals surface area contributed by atoms with Gasteiger partial charge < -0.3 is 14.2 Å². The first-order valence-corrected chi connectivity index (χ1v) is 12.1. The van der Waals surface area contributed by atoms with Gasteiger partial charge in [-0.2, -0.15) is 13.5 Å². The van der Waals surface area contributed by atoms with Crippen molar-refractivity contribution in [1.82, 2.24) is 4.83 Å². The van der Waals surface area contributed by atoms with E-state index in [9.17, 15) is 13.2 Å². The average molecular weight is 483 g/mol.